The zero-order valence-corrected chi connectivity index (χ0v) is 16.8. The fraction of sp³-hybridized carbons (Fsp3) is 0.929. The predicted molar refractivity (Wildman–Crippen MR) is 81.6 cm³/mol. The Morgan fingerprint density at radius 2 is 1.03 bits per heavy atom. The number of carbonyl (C=O) groups excluding carboxylic acids is 1. The number of rotatable bonds is 3. The summed E-state index contributed by atoms with van der Waals surface area (Å²) in [6.07, 6.45) is -7.68. The predicted octanol–water partition coefficient (Wildman–Crippen LogP) is 6.70. The molecule has 0 aromatic rings. The van der Waals surface area contributed by atoms with Crippen LogP contribution in [0.4, 0.5) is 61.5 Å². The number of hydrogen-bond donors (Lipinski definition) is 0. The standard InChI is InChI=1S/C14H11F14IO2/c15-8(16,17)7(30)31-29(6-4-2-1-3-5-6)14(28)12(24,25)10(20,21)9(18,19)11(22,23)13(14,26)27/h6H,1-5H2. The SMILES string of the molecule is O=C(OI(C1CCCCC1)C1(F)C(F)(F)C(F)(F)C(F)(F)C(F)(F)C1(F)F)C(F)(F)F. The van der Waals surface area contributed by atoms with E-state index in [1.165, 1.54) is 0 Å². The molecule has 0 aliphatic heterocycles. The van der Waals surface area contributed by atoms with E-state index in [-0.39, 0.29) is 19.3 Å². The van der Waals surface area contributed by atoms with Gasteiger partial charge in [0.25, 0.3) is 0 Å². The van der Waals surface area contributed by atoms with E-state index in [0.717, 1.165) is 0 Å². The van der Waals surface area contributed by atoms with Crippen molar-refractivity contribution in [2.45, 2.75) is 75.5 Å². The Kier molecular flexibility index (Phi) is 6.29. The van der Waals surface area contributed by atoms with Crippen molar-refractivity contribution in [3.8, 4) is 0 Å². The molecule has 2 aliphatic rings. The molecule has 2 nitrogen and oxygen atoms in total. The van der Waals surface area contributed by atoms with E-state index in [4.69, 9.17) is 0 Å². The topological polar surface area (TPSA) is 26.3 Å². The molecule has 2 saturated carbocycles. The molecule has 2 rings (SSSR count). The summed E-state index contributed by atoms with van der Waals surface area (Å²) in [4.78, 5) is 11.1. The van der Waals surface area contributed by atoms with Gasteiger partial charge in [0.05, 0.1) is 0 Å². The third-order valence-electron chi connectivity index (χ3n) is 4.82. The second-order valence-electron chi connectivity index (χ2n) is 6.82. The van der Waals surface area contributed by atoms with Crippen molar-refractivity contribution >= 4 is 26.2 Å². The molecule has 0 spiro atoms. The maximum atomic E-state index is 15.3. The van der Waals surface area contributed by atoms with E-state index < -0.39 is 82.4 Å². The van der Waals surface area contributed by atoms with Gasteiger partial charge in [-0.15, -0.1) is 0 Å². The molecule has 0 heterocycles. The van der Waals surface area contributed by atoms with Gasteiger partial charge in [0.1, 0.15) is 0 Å². The number of halogens is 15. The summed E-state index contributed by atoms with van der Waals surface area (Å²) < 4.78 is 186. The van der Waals surface area contributed by atoms with Gasteiger partial charge in [0.2, 0.25) is 0 Å². The Hall–Kier alpha value is -0.780. The van der Waals surface area contributed by atoms with Crippen molar-refractivity contribution in [2.75, 3.05) is 0 Å². The van der Waals surface area contributed by atoms with Crippen molar-refractivity contribution in [3.05, 3.63) is 0 Å². The number of hydrogen-bond acceptors (Lipinski definition) is 2. The molecule has 0 aromatic heterocycles. The maximum absolute atomic E-state index is 15.3. The molecule has 0 radical (unpaired) electrons. The summed E-state index contributed by atoms with van der Waals surface area (Å²) in [5.74, 6) is -40.6. The third-order valence-corrected chi connectivity index (χ3v) is 11.4. The van der Waals surface area contributed by atoms with Crippen LogP contribution in [0.2, 0.25) is 0 Å². The molecule has 0 aromatic carbocycles. The summed E-state index contributed by atoms with van der Waals surface area (Å²) in [5, 5.41) is 0. The fourth-order valence-corrected chi connectivity index (χ4v) is 9.70. The minimum absolute atomic E-state index is 0.168. The molecule has 0 unspecified atom stereocenters. The summed E-state index contributed by atoms with van der Waals surface area (Å²) in [5.41, 5.74) is 0. The fourth-order valence-electron chi connectivity index (χ4n) is 3.12. The van der Waals surface area contributed by atoms with E-state index >= 15 is 4.39 Å². The van der Waals surface area contributed by atoms with Crippen LogP contribution in [0.25, 0.3) is 0 Å². The first-order valence-corrected chi connectivity index (χ1v) is 11.4. The first kappa shape index (κ1) is 26.5. The second kappa shape index (κ2) is 7.36. The van der Waals surface area contributed by atoms with Gasteiger partial charge in [-0.1, -0.05) is 0 Å². The average Bonchev–Trinajstić information content (AvgIpc) is 2.63. The molecular weight excluding hydrogens is 593 g/mol. The normalized spacial score (nSPS) is 29.2. The molecule has 2 aliphatic carbocycles. The van der Waals surface area contributed by atoms with Crippen molar-refractivity contribution in [1.29, 1.82) is 0 Å². The second-order valence-corrected chi connectivity index (χ2v) is 12.1. The van der Waals surface area contributed by atoms with Gasteiger partial charge >= 0.3 is 171 Å². The molecule has 0 bridgehead atoms. The first-order valence-electron chi connectivity index (χ1n) is 8.18. The van der Waals surface area contributed by atoms with Crippen molar-refractivity contribution in [2.24, 2.45) is 0 Å². The molecule has 0 atom stereocenters. The van der Waals surface area contributed by atoms with Crippen LogP contribution >= 0.6 is 20.2 Å². The van der Waals surface area contributed by atoms with E-state index in [2.05, 4.69) is 3.07 Å². The molecule has 0 amide bonds. The molecule has 31 heavy (non-hydrogen) atoms. The van der Waals surface area contributed by atoms with Crippen molar-refractivity contribution in [3.63, 3.8) is 0 Å². The molecule has 17 heteroatoms. The van der Waals surface area contributed by atoms with Crippen LogP contribution in [0.15, 0.2) is 0 Å². The minimum atomic E-state index is -7.50. The van der Waals surface area contributed by atoms with Crippen LogP contribution in [-0.2, 0) is 7.86 Å². The van der Waals surface area contributed by atoms with E-state index in [1.807, 2.05) is 0 Å². The van der Waals surface area contributed by atoms with E-state index in [0.29, 0.717) is 0 Å². The van der Waals surface area contributed by atoms with Crippen LogP contribution in [0.3, 0.4) is 0 Å². The molecular formula is C14H11F14IO2. The van der Waals surface area contributed by atoms with E-state index in [1.54, 1.807) is 0 Å². The van der Waals surface area contributed by atoms with Gasteiger partial charge in [-0.05, 0) is 0 Å². The van der Waals surface area contributed by atoms with Gasteiger partial charge in [0, 0.05) is 0 Å². The van der Waals surface area contributed by atoms with Crippen molar-refractivity contribution in [1.82, 2.24) is 0 Å². The van der Waals surface area contributed by atoms with Gasteiger partial charge in [0.15, 0.2) is 0 Å². The third kappa shape index (κ3) is 3.28. The Labute approximate surface area is 171 Å². The van der Waals surface area contributed by atoms with Gasteiger partial charge in [-0.2, -0.15) is 0 Å². The summed E-state index contributed by atoms with van der Waals surface area (Å²) in [6.45, 7) is 0. The number of carbonyl (C=O) groups is 1. The Balaban J connectivity index is 2.80. The first-order chi connectivity index (χ1) is 13.6. The van der Waals surface area contributed by atoms with Crippen LogP contribution in [0.1, 0.15) is 32.1 Å². The monoisotopic (exact) mass is 604 g/mol. The Morgan fingerprint density at radius 3 is 1.39 bits per heavy atom. The van der Waals surface area contributed by atoms with Crippen LogP contribution in [0, 0.1) is 0 Å². The zero-order chi connectivity index (χ0) is 24.5. The quantitative estimate of drug-likeness (QED) is 0.204. The van der Waals surface area contributed by atoms with Gasteiger partial charge in [-0.3, -0.25) is 0 Å². The Bertz CT molecular complexity index is 682. The van der Waals surface area contributed by atoms with Crippen LogP contribution in [0.5, 0.6) is 0 Å². The van der Waals surface area contributed by atoms with Gasteiger partial charge in [-0.25, -0.2) is 0 Å². The molecule has 184 valence electrons. The summed E-state index contributed by atoms with van der Waals surface area (Å²) in [7, 11) is 0. The zero-order valence-electron chi connectivity index (χ0n) is 14.6. The summed E-state index contributed by atoms with van der Waals surface area (Å²) in [6, 6.07) is 0. The van der Waals surface area contributed by atoms with Crippen LogP contribution in [-0.4, -0.2) is 49.4 Å². The number of alkyl halides is 16. The average molecular weight is 604 g/mol. The van der Waals surface area contributed by atoms with Crippen LogP contribution < -0.4 is 0 Å². The molecule has 0 saturated heterocycles. The summed E-state index contributed by atoms with van der Waals surface area (Å²) >= 11 is -6.42. The molecule has 0 N–H and O–H groups in total. The Morgan fingerprint density at radius 1 is 0.677 bits per heavy atom. The molecule has 2 fully saturated rings. The van der Waals surface area contributed by atoms with E-state index in [9.17, 15) is 61.9 Å². The van der Waals surface area contributed by atoms with Crippen molar-refractivity contribution < 1.29 is 69.3 Å². The van der Waals surface area contributed by atoms with Gasteiger partial charge < -0.3 is 0 Å².